The van der Waals surface area contributed by atoms with Crippen molar-refractivity contribution < 1.29 is 18.3 Å². The van der Waals surface area contributed by atoms with Gasteiger partial charge in [0.2, 0.25) is 0 Å². The maximum absolute atomic E-state index is 13.6. The molecule has 1 heterocycles. The van der Waals surface area contributed by atoms with Gasteiger partial charge in [-0.15, -0.1) is 0 Å². The number of rotatable bonds is 4. The zero-order valence-corrected chi connectivity index (χ0v) is 10.4. The Balaban J connectivity index is 3.06. The standard InChI is InChI=1S/C9H10BrF2N3O2/c1-17-7(9(11,12)8(16)15-13)6-3-2-5(10)4-14-6/h2-4,7H,13H2,1H3,(H,15,16). The number of amides is 1. The number of nitrogens with one attached hydrogen (secondary N) is 1. The summed E-state index contributed by atoms with van der Waals surface area (Å²) in [6.45, 7) is 0. The van der Waals surface area contributed by atoms with Crippen LogP contribution in [0.5, 0.6) is 0 Å². The average molecular weight is 310 g/mol. The van der Waals surface area contributed by atoms with Gasteiger partial charge in [-0.1, -0.05) is 0 Å². The number of nitrogens with two attached hydrogens (primary N) is 1. The Morgan fingerprint density at radius 2 is 2.29 bits per heavy atom. The lowest BCUT2D eigenvalue weighted by Crippen LogP contribution is -2.47. The van der Waals surface area contributed by atoms with E-state index in [1.165, 1.54) is 23.8 Å². The van der Waals surface area contributed by atoms with Crippen LogP contribution in [0.4, 0.5) is 8.78 Å². The Morgan fingerprint density at radius 1 is 1.65 bits per heavy atom. The van der Waals surface area contributed by atoms with Crippen molar-refractivity contribution in [3.05, 3.63) is 28.5 Å². The molecule has 5 nitrogen and oxygen atoms in total. The fourth-order valence-corrected chi connectivity index (χ4v) is 1.45. The molecule has 0 radical (unpaired) electrons. The van der Waals surface area contributed by atoms with Gasteiger partial charge in [0.1, 0.15) is 0 Å². The third kappa shape index (κ3) is 2.96. The number of carbonyl (C=O) groups is 1. The van der Waals surface area contributed by atoms with E-state index >= 15 is 0 Å². The number of hydrogen-bond donors (Lipinski definition) is 2. The summed E-state index contributed by atoms with van der Waals surface area (Å²) in [7, 11) is 1.06. The van der Waals surface area contributed by atoms with E-state index in [1.54, 1.807) is 0 Å². The second-order valence-electron chi connectivity index (χ2n) is 3.11. The van der Waals surface area contributed by atoms with Gasteiger partial charge in [-0.05, 0) is 28.1 Å². The van der Waals surface area contributed by atoms with Crippen LogP contribution in [0.2, 0.25) is 0 Å². The normalized spacial score (nSPS) is 13.2. The Morgan fingerprint density at radius 3 is 2.71 bits per heavy atom. The SMILES string of the molecule is COC(c1ccc(Br)cn1)C(F)(F)C(=O)NN. The Hall–Kier alpha value is -1.12. The first-order chi connectivity index (χ1) is 7.93. The van der Waals surface area contributed by atoms with Gasteiger partial charge in [-0.25, -0.2) is 5.84 Å². The molecular formula is C9H10BrF2N3O2. The van der Waals surface area contributed by atoms with Crippen molar-refractivity contribution in [3.63, 3.8) is 0 Å². The summed E-state index contributed by atoms with van der Waals surface area (Å²) < 4.78 is 32.4. The Bertz CT molecular complexity index is 400. The van der Waals surface area contributed by atoms with Crippen LogP contribution in [-0.2, 0) is 9.53 Å². The van der Waals surface area contributed by atoms with Crippen molar-refractivity contribution in [2.75, 3.05) is 7.11 Å². The van der Waals surface area contributed by atoms with Crippen molar-refractivity contribution in [1.29, 1.82) is 0 Å². The largest absolute Gasteiger partial charge is 0.368 e. The van der Waals surface area contributed by atoms with Crippen LogP contribution in [0.15, 0.2) is 22.8 Å². The Labute approximate surface area is 104 Å². The van der Waals surface area contributed by atoms with Gasteiger partial charge in [0.15, 0.2) is 6.10 Å². The number of nitrogens with zero attached hydrogens (tertiary/aromatic N) is 1. The van der Waals surface area contributed by atoms with Crippen LogP contribution in [-0.4, -0.2) is 23.9 Å². The number of pyridine rings is 1. The zero-order chi connectivity index (χ0) is 13.1. The number of methoxy groups -OCH3 is 1. The summed E-state index contributed by atoms with van der Waals surface area (Å²) >= 11 is 3.12. The zero-order valence-electron chi connectivity index (χ0n) is 8.78. The van der Waals surface area contributed by atoms with Crippen LogP contribution in [0, 0.1) is 0 Å². The smallest absolute Gasteiger partial charge is 0.356 e. The van der Waals surface area contributed by atoms with E-state index in [9.17, 15) is 13.6 Å². The molecule has 0 fully saturated rings. The molecule has 1 aromatic heterocycles. The molecule has 8 heteroatoms. The van der Waals surface area contributed by atoms with Crippen LogP contribution >= 0.6 is 15.9 Å². The van der Waals surface area contributed by atoms with Crippen LogP contribution in [0.25, 0.3) is 0 Å². The molecule has 0 aliphatic carbocycles. The number of ether oxygens (including phenoxy) is 1. The molecule has 1 atom stereocenters. The highest BCUT2D eigenvalue weighted by Crippen LogP contribution is 2.33. The lowest BCUT2D eigenvalue weighted by Gasteiger charge is -2.23. The summed E-state index contributed by atoms with van der Waals surface area (Å²) in [5, 5.41) is 0. The van der Waals surface area contributed by atoms with Gasteiger partial charge in [0.25, 0.3) is 0 Å². The first-order valence-corrected chi connectivity index (χ1v) is 5.26. The second-order valence-corrected chi connectivity index (χ2v) is 4.03. The van der Waals surface area contributed by atoms with E-state index in [4.69, 9.17) is 0 Å². The molecule has 1 aromatic rings. The van der Waals surface area contributed by atoms with Crippen molar-refractivity contribution in [1.82, 2.24) is 10.4 Å². The van der Waals surface area contributed by atoms with E-state index in [0.717, 1.165) is 7.11 Å². The molecule has 0 aliphatic rings. The maximum Gasteiger partial charge on any atom is 0.356 e. The van der Waals surface area contributed by atoms with E-state index in [2.05, 4.69) is 31.5 Å². The second kappa shape index (κ2) is 5.48. The van der Waals surface area contributed by atoms with Crippen molar-refractivity contribution in [2.45, 2.75) is 12.0 Å². The molecule has 0 saturated heterocycles. The predicted octanol–water partition coefficient (Wildman–Crippen LogP) is 1.16. The lowest BCUT2D eigenvalue weighted by atomic mass is 10.1. The molecule has 1 unspecified atom stereocenters. The monoisotopic (exact) mass is 309 g/mol. The molecule has 94 valence electrons. The molecule has 0 saturated carbocycles. The van der Waals surface area contributed by atoms with Crippen LogP contribution in [0.1, 0.15) is 11.8 Å². The average Bonchev–Trinajstić information content (AvgIpc) is 2.31. The van der Waals surface area contributed by atoms with Gasteiger partial charge in [-0.2, -0.15) is 8.78 Å². The molecule has 3 N–H and O–H groups in total. The van der Waals surface area contributed by atoms with Gasteiger partial charge in [0.05, 0.1) is 5.69 Å². The van der Waals surface area contributed by atoms with Crippen molar-refractivity contribution in [3.8, 4) is 0 Å². The highest BCUT2D eigenvalue weighted by molar-refractivity contribution is 9.10. The van der Waals surface area contributed by atoms with Crippen molar-refractivity contribution >= 4 is 21.8 Å². The summed E-state index contributed by atoms with van der Waals surface area (Å²) in [4.78, 5) is 14.7. The van der Waals surface area contributed by atoms with E-state index in [-0.39, 0.29) is 5.69 Å². The maximum atomic E-state index is 13.6. The van der Waals surface area contributed by atoms with Crippen LogP contribution in [0.3, 0.4) is 0 Å². The summed E-state index contributed by atoms with van der Waals surface area (Å²) in [5.74, 6) is -0.742. The highest BCUT2D eigenvalue weighted by atomic mass is 79.9. The number of alkyl halides is 2. The number of hydrogen-bond acceptors (Lipinski definition) is 4. The molecule has 1 rings (SSSR count). The Kier molecular flexibility index (Phi) is 4.49. The molecule has 0 aromatic carbocycles. The van der Waals surface area contributed by atoms with Gasteiger partial charge in [-0.3, -0.25) is 15.2 Å². The molecule has 0 bridgehead atoms. The first kappa shape index (κ1) is 13.9. The van der Waals surface area contributed by atoms with E-state index < -0.39 is 17.9 Å². The molecule has 17 heavy (non-hydrogen) atoms. The summed E-state index contributed by atoms with van der Waals surface area (Å²) in [6, 6.07) is 2.85. The highest BCUT2D eigenvalue weighted by Gasteiger charge is 2.49. The number of halogens is 3. The van der Waals surface area contributed by atoms with Gasteiger partial charge < -0.3 is 4.74 Å². The number of aromatic nitrogens is 1. The number of hydrazine groups is 1. The van der Waals surface area contributed by atoms with Crippen molar-refractivity contribution in [2.24, 2.45) is 5.84 Å². The minimum Gasteiger partial charge on any atom is -0.368 e. The first-order valence-electron chi connectivity index (χ1n) is 4.46. The molecule has 0 spiro atoms. The minimum absolute atomic E-state index is 0.0655. The quantitative estimate of drug-likeness (QED) is 0.497. The predicted molar refractivity (Wildman–Crippen MR) is 59.0 cm³/mol. The summed E-state index contributed by atoms with van der Waals surface area (Å²) in [5.41, 5.74) is 1.33. The molecule has 0 aliphatic heterocycles. The third-order valence-corrected chi connectivity index (χ3v) is 2.49. The third-order valence-electron chi connectivity index (χ3n) is 2.02. The molecule has 1 amide bonds. The topological polar surface area (TPSA) is 77.2 Å². The van der Waals surface area contributed by atoms with Crippen LogP contribution < -0.4 is 11.3 Å². The van der Waals surface area contributed by atoms with Gasteiger partial charge >= 0.3 is 11.8 Å². The fourth-order valence-electron chi connectivity index (χ4n) is 1.21. The minimum atomic E-state index is -3.80. The number of carbonyl (C=O) groups excluding carboxylic acids is 1. The lowest BCUT2D eigenvalue weighted by molar-refractivity contribution is -0.169. The van der Waals surface area contributed by atoms with E-state index in [1.807, 2.05) is 0 Å². The summed E-state index contributed by atoms with van der Waals surface area (Å²) in [6.07, 6.45) is -0.461. The van der Waals surface area contributed by atoms with E-state index in [0.29, 0.717) is 4.47 Å². The fraction of sp³-hybridized carbons (Fsp3) is 0.333. The molecular weight excluding hydrogens is 300 g/mol. The van der Waals surface area contributed by atoms with Gasteiger partial charge in [0, 0.05) is 17.8 Å².